The molecule has 1 N–H and O–H groups in total. The van der Waals surface area contributed by atoms with E-state index >= 15 is 0 Å². The molecule has 1 aliphatic heterocycles. The molecule has 0 spiro atoms. The Bertz CT molecular complexity index is 1070. The molecule has 6 nitrogen and oxygen atoms in total. The second-order valence-electron chi connectivity index (χ2n) is 6.77. The zero-order valence-corrected chi connectivity index (χ0v) is 18.9. The first-order chi connectivity index (χ1) is 13.7. The highest BCUT2D eigenvalue weighted by Crippen LogP contribution is 2.38. The molecule has 0 aromatic heterocycles. The number of rotatable bonds is 6. The minimum Gasteiger partial charge on any atom is -0.352 e. The van der Waals surface area contributed by atoms with Gasteiger partial charge in [0, 0.05) is 35.9 Å². The number of sulfone groups is 1. The van der Waals surface area contributed by atoms with Crippen molar-refractivity contribution in [3.8, 4) is 0 Å². The van der Waals surface area contributed by atoms with Crippen LogP contribution < -0.4 is 10.2 Å². The van der Waals surface area contributed by atoms with E-state index in [9.17, 15) is 18.0 Å². The van der Waals surface area contributed by atoms with Crippen LogP contribution in [0.2, 0.25) is 5.02 Å². The molecule has 0 bridgehead atoms. The lowest BCUT2D eigenvalue weighted by molar-refractivity contribution is -0.121. The lowest BCUT2D eigenvalue weighted by atomic mass is 10.2. The molecule has 2 aromatic carbocycles. The van der Waals surface area contributed by atoms with Gasteiger partial charge in [-0.05, 0) is 35.7 Å². The zero-order chi connectivity index (χ0) is 21.2. The van der Waals surface area contributed by atoms with Crippen LogP contribution in [0.4, 0.5) is 5.69 Å². The lowest BCUT2D eigenvalue weighted by Crippen LogP contribution is -2.28. The van der Waals surface area contributed by atoms with Crippen molar-refractivity contribution in [3.63, 3.8) is 0 Å². The number of halogens is 2. The summed E-state index contributed by atoms with van der Waals surface area (Å²) in [4.78, 5) is 25.7. The van der Waals surface area contributed by atoms with Gasteiger partial charge in [-0.1, -0.05) is 45.7 Å². The van der Waals surface area contributed by atoms with Gasteiger partial charge < -0.3 is 10.2 Å². The molecule has 0 atom stereocenters. The Kier molecular flexibility index (Phi) is 6.65. The van der Waals surface area contributed by atoms with Crippen LogP contribution in [0.25, 0.3) is 0 Å². The van der Waals surface area contributed by atoms with Gasteiger partial charge in [-0.3, -0.25) is 9.59 Å². The fraction of sp³-hybridized carbons (Fsp3) is 0.300. The predicted octanol–water partition coefficient (Wildman–Crippen LogP) is 3.49. The third-order valence-electron chi connectivity index (χ3n) is 4.74. The lowest BCUT2D eigenvalue weighted by Gasteiger charge is -2.19. The van der Waals surface area contributed by atoms with E-state index in [1.165, 1.54) is 17.9 Å². The molecule has 1 aliphatic rings. The molecule has 3 rings (SSSR count). The van der Waals surface area contributed by atoms with Crippen LogP contribution in [0, 0.1) is 0 Å². The van der Waals surface area contributed by atoms with Gasteiger partial charge in [-0.25, -0.2) is 8.42 Å². The van der Waals surface area contributed by atoms with Crippen LogP contribution in [0.15, 0.2) is 45.8 Å². The fourth-order valence-corrected chi connectivity index (χ4v) is 5.66. The standard InChI is InChI=1S/C20H20BrClN2O4S/c1-13(25)24-8-6-14-10-16(21)11-18(20(14)24)29(27,28)9-7-19(26)23-12-15-4-2-3-5-17(15)22/h2-5,10-11H,6-9,12H2,1H3,(H,23,26). The third-order valence-corrected chi connectivity index (χ3v) is 7.29. The monoisotopic (exact) mass is 498 g/mol. The number of nitrogens with one attached hydrogen (secondary N) is 1. The average Bonchev–Trinajstić information content (AvgIpc) is 3.09. The summed E-state index contributed by atoms with van der Waals surface area (Å²) in [5, 5.41) is 3.23. The van der Waals surface area contributed by atoms with Gasteiger partial charge in [-0.15, -0.1) is 0 Å². The van der Waals surface area contributed by atoms with E-state index in [0.29, 0.717) is 28.1 Å². The first-order valence-corrected chi connectivity index (χ1v) is 11.8. The normalized spacial score (nSPS) is 13.3. The first-order valence-electron chi connectivity index (χ1n) is 9.02. The van der Waals surface area contributed by atoms with Crippen LogP contribution in [-0.4, -0.2) is 32.5 Å². The molecule has 29 heavy (non-hydrogen) atoms. The van der Waals surface area contributed by atoms with E-state index in [0.717, 1.165) is 11.1 Å². The Morgan fingerprint density at radius 2 is 1.97 bits per heavy atom. The molecule has 0 aliphatic carbocycles. The van der Waals surface area contributed by atoms with Gasteiger partial charge in [0.15, 0.2) is 9.84 Å². The number of benzene rings is 2. The van der Waals surface area contributed by atoms with Gasteiger partial charge in [0.25, 0.3) is 0 Å². The SMILES string of the molecule is CC(=O)N1CCc2cc(Br)cc(S(=O)(=O)CCC(=O)NCc3ccccc3Cl)c21. The van der Waals surface area contributed by atoms with Crippen molar-refractivity contribution in [3.05, 3.63) is 57.0 Å². The Hall–Kier alpha value is -1.90. The summed E-state index contributed by atoms with van der Waals surface area (Å²) in [6.45, 7) is 2.08. The molecule has 9 heteroatoms. The van der Waals surface area contributed by atoms with E-state index in [1.807, 2.05) is 12.1 Å². The molecule has 0 unspecified atom stereocenters. The minimum absolute atomic E-state index is 0.0773. The molecule has 0 fully saturated rings. The highest BCUT2D eigenvalue weighted by molar-refractivity contribution is 9.10. The number of carbonyl (C=O) groups excluding carboxylic acids is 2. The van der Waals surface area contributed by atoms with Gasteiger partial charge >= 0.3 is 0 Å². The summed E-state index contributed by atoms with van der Waals surface area (Å²) >= 11 is 9.40. The highest BCUT2D eigenvalue weighted by Gasteiger charge is 2.31. The van der Waals surface area contributed by atoms with Crippen LogP contribution in [0.5, 0.6) is 0 Å². The van der Waals surface area contributed by atoms with Crippen molar-refractivity contribution in [2.75, 3.05) is 17.2 Å². The molecule has 2 aromatic rings. The molecule has 154 valence electrons. The summed E-state index contributed by atoms with van der Waals surface area (Å²) < 4.78 is 26.6. The van der Waals surface area contributed by atoms with Gasteiger partial charge in [-0.2, -0.15) is 0 Å². The number of anilines is 1. The largest absolute Gasteiger partial charge is 0.352 e. The quantitative estimate of drug-likeness (QED) is 0.659. The Labute approximate surface area is 183 Å². The minimum atomic E-state index is -3.77. The van der Waals surface area contributed by atoms with E-state index < -0.39 is 9.84 Å². The van der Waals surface area contributed by atoms with Crippen LogP contribution in [-0.2, 0) is 32.4 Å². The molecule has 1 heterocycles. The second kappa shape index (κ2) is 8.85. The first kappa shape index (κ1) is 21.8. The number of amides is 2. The smallest absolute Gasteiger partial charge is 0.223 e. The van der Waals surface area contributed by atoms with Gasteiger partial charge in [0.1, 0.15) is 0 Å². The van der Waals surface area contributed by atoms with Gasteiger partial charge in [0.2, 0.25) is 11.8 Å². The summed E-state index contributed by atoms with van der Waals surface area (Å²) in [7, 11) is -3.77. The molecular weight excluding hydrogens is 480 g/mol. The topological polar surface area (TPSA) is 83.6 Å². The van der Waals surface area contributed by atoms with E-state index in [1.54, 1.807) is 18.2 Å². The number of nitrogens with zero attached hydrogens (tertiary/aromatic N) is 1. The van der Waals surface area contributed by atoms with Crippen LogP contribution >= 0.6 is 27.5 Å². The summed E-state index contributed by atoms with van der Waals surface area (Å²) in [5.74, 6) is -0.945. The van der Waals surface area contributed by atoms with Crippen molar-refractivity contribution in [1.82, 2.24) is 5.32 Å². The maximum absolute atomic E-state index is 13.0. The summed E-state index contributed by atoms with van der Waals surface area (Å²) in [6, 6.07) is 10.4. The average molecular weight is 500 g/mol. The van der Waals surface area contributed by atoms with Crippen molar-refractivity contribution in [2.24, 2.45) is 0 Å². The number of fused-ring (bicyclic) bond motifs is 1. The van der Waals surface area contributed by atoms with Crippen LogP contribution in [0.3, 0.4) is 0 Å². The number of carbonyl (C=O) groups is 2. The summed E-state index contributed by atoms with van der Waals surface area (Å²) in [6.07, 6.45) is 0.406. The van der Waals surface area contributed by atoms with Crippen molar-refractivity contribution in [2.45, 2.75) is 31.2 Å². The zero-order valence-electron chi connectivity index (χ0n) is 15.7. The Morgan fingerprint density at radius 1 is 1.24 bits per heavy atom. The second-order valence-corrected chi connectivity index (χ2v) is 10.2. The number of hydrogen-bond donors (Lipinski definition) is 1. The van der Waals surface area contributed by atoms with Crippen molar-refractivity contribution in [1.29, 1.82) is 0 Å². The van der Waals surface area contributed by atoms with E-state index in [2.05, 4.69) is 21.2 Å². The molecule has 0 saturated heterocycles. The van der Waals surface area contributed by atoms with Crippen molar-refractivity contribution < 1.29 is 18.0 Å². The molecule has 0 radical (unpaired) electrons. The summed E-state index contributed by atoms with van der Waals surface area (Å²) in [5.41, 5.74) is 1.99. The van der Waals surface area contributed by atoms with Crippen molar-refractivity contribution >= 4 is 54.9 Å². The molecule has 2 amide bonds. The molecular formula is C20H20BrClN2O4S. The highest BCUT2D eigenvalue weighted by atomic mass is 79.9. The third kappa shape index (κ3) is 4.99. The predicted molar refractivity (Wildman–Crippen MR) is 116 cm³/mol. The Balaban J connectivity index is 1.73. The van der Waals surface area contributed by atoms with E-state index in [-0.39, 0.29) is 35.4 Å². The number of hydrogen-bond acceptors (Lipinski definition) is 4. The van der Waals surface area contributed by atoms with Gasteiger partial charge in [0.05, 0.1) is 16.3 Å². The Morgan fingerprint density at radius 3 is 2.66 bits per heavy atom. The fourth-order valence-electron chi connectivity index (χ4n) is 3.28. The maximum Gasteiger partial charge on any atom is 0.223 e. The van der Waals surface area contributed by atoms with Crippen LogP contribution in [0.1, 0.15) is 24.5 Å². The van der Waals surface area contributed by atoms with E-state index in [4.69, 9.17) is 11.6 Å². The molecule has 0 saturated carbocycles. The maximum atomic E-state index is 13.0.